The monoisotopic (exact) mass is 426 g/mol. The van der Waals surface area contributed by atoms with Gasteiger partial charge in [0.15, 0.2) is 0 Å². The van der Waals surface area contributed by atoms with Crippen LogP contribution in [0.2, 0.25) is 0 Å². The quantitative estimate of drug-likeness (QED) is 0.233. The average molecular weight is 427 g/mol. The van der Waals surface area contributed by atoms with Gasteiger partial charge in [-0.1, -0.05) is 64.5 Å². The van der Waals surface area contributed by atoms with Crippen molar-refractivity contribution in [2.24, 2.45) is 0 Å². The highest BCUT2D eigenvalue weighted by Gasteiger charge is 2.08. The van der Waals surface area contributed by atoms with Crippen molar-refractivity contribution in [2.75, 3.05) is 0 Å². The minimum atomic E-state index is 0.770. The first kappa shape index (κ1) is 22.3. The van der Waals surface area contributed by atoms with Gasteiger partial charge in [0.05, 0.1) is 34.5 Å². The van der Waals surface area contributed by atoms with Gasteiger partial charge in [-0.15, -0.1) is 0 Å². The molecule has 0 saturated heterocycles. The smallest absolute Gasteiger partial charge is 0.109 e. The molecule has 2 aromatic heterocycles. The molecule has 4 heteroatoms. The molecule has 4 aromatic rings. The number of rotatable bonds is 11. The first-order chi connectivity index (χ1) is 15.8. The second kappa shape index (κ2) is 11.1. The van der Waals surface area contributed by atoms with Crippen LogP contribution < -0.4 is 0 Å². The van der Waals surface area contributed by atoms with Crippen LogP contribution in [0, 0.1) is 0 Å². The second-order valence-electron chi connectivity index (χ2n) is 8.78. The predicted octanol–water partition coefficient (Wildman–Crippen LogP) is 7.49. The zero-order chi connectivity index (χ0) is 22.2. The normalized spacial score (nSPS) is 11.4. The fourth-order valence-electron chi connectivity index (χ4n) is 4.18. The summed E-state index contributed by atoms with van der Waals surface area (Å²) in [5.74, 6) is 0. The van der Waals surface area contributed by atoms with Crippen molar-refractivity contribution in [1.82, 2.24) is 19.9 Å². The maximum absolute atomic E-state index is 4.81. The van der Waals surface area contributed by atoms with Crippen molar-refractivity contribution in [3.8, 4) is 11.4 Å². The summed E-state index contributed by atoms with van der Waals surface area (Å²) in [6.07, 6.45) is 16.1. The molecule has 0 bridgehead atoms. The van der Waals surface area contributed by atoms with Crippen molar-refractivity contribution >= 4 is 22.1 Å². The fraction of sp³-hybridized carbons (Fsp3) is 0.429. The summed E-state index contributed by atoms with van der Waals surface area (Å²) in [4.78, 5) is 19.0. The van der Waals surface area contributed by atoms with Crippen molar-refractivity contribution < 1.29 is 0 Å². The maximum atomic E-state index is 4.81. The van der Waals surface area contributed by atoms with Crippen LogP contribution in [-0.2, 0) is 12.8 Å². The Bertz CT molecular complexity index is 1080. The third-order valence-corrected chi connectivity index (χ3v) is 6.11. The van der Waals surface area contributed by atoms with E-state index < -0.39 is 0 Å². The molecule has 0 N–H and O–H groups in total. The number of fused-ring (bicyclic) bond motifs is 2. The van der Waals surface area contributed by atoms with Crippen molar-refractivity contribution in [1.29, 1.82) is 0 Å². The lowest BCUT2D eigenvalue weighted by Gasteiger charge is -2.07. The van der Waals surface area contributed by atoms with E-state index in [1.54, 1.807) is 0 Å². The van der Waals surface area contributed by atoms with Crippen molar-refractivity contribution in [3.63, 3.8) is 0 Å². The lowest BCUT2D eigenvalue weighted by molar-refractivity contribution is 0.667. The molecule has 0 unspecified atom stereocenters. The van der Waals surface area contributed by atoms with Gasteiger partial charge < -0.3 is 0 Å². The SMILES string of the molecule is CCCCCCc1ccc2nc(-c3cnc4cc(CCCCCC)ccc4n3)cnc2c1. The molecule has 0 saturated carbocycles. The lowest BCUT2D eigenvalue weighted by atomic mass is 10.1. The third-order valence-electron chi connectivity index (χ3n) is 6.11. The number of unbranched alkanes of at least 4 members (excludes halogenated alkanes) is 6. The molecule has 0 radical (unpaired) electrons. The Morgan fingerprint density at radius 3 is 1.44 bits per heavy atom. The van der Waals surface area contributed by atoms with Gasteiger partial charge in [0, 0.05) is 0 Å². The van der Waals surface area contributed by atoms with Gasteiger partial charge in [-0.2, -0.15) is 0 Å². The van der Waals surface area contributed by atoms with E-state index in [1.807, 2.05) is 12.4 Å². The number of aromatic nitrogens is 4. The molecule has 0 atom stereocenters. The summed E-state index contributed by atoms with van der Waals surface area (Å²) in [5, 5.41) is 0. The Morgan fingerprint density at radius 2 is 1.00 bits per heavy atom. The van der Waals surface area contributed by atoms with Gasteiger partial charge in [-0.3, -0.25) is 9.97 Å². The molecule has 0 fully saturated rings. The van der Waals surface area contributed by atoms with Crippen LogP contribution in [0.25, 0.3) is 33.5 Å². The molecule has 0 aliphatic carbocycles. The lowest BCUT2D eigenvalue weighted by Crippen LogP contribution is -1.95. The molecule has 0 amide bonds. The van der Waals surface area contributed by atoms with Crippen LogP contribution in [0.4, 0.5) is 0 Å². The molecule has 0 spiro atoms. The summed E-state index contributed by atoms with van der Waals surface area (Å²) in [6, 6.07) is 12.9. The van der Waals surface area contributed by atoms with Crippen LogP contribution in [0.3, 0.4) is 0 Å². The standard InChI is InChI=1S/C28H34N4/c1-3-5-7-9-11-21-13-15-23-25(17-21)29-19-27(31-23)28-20-30-26-18-22(12-10-8-6-4-2)14-16-24(26)32-28/h13-20H,3-12H2,1-2H3. The van der Waals surface area contributed by atoms with Crippen LogP contribution in [-0.4, -0.2) is 19.9 Å². The van der Waals surface area contributed by atoms with E-state index in [-0.39, 0.29) is 0 Å². The Kier molecular flexibility index (Phi) is 7.76. The average Bonchev–Trinajstić information content (AvgIpc) is 2.84. The zero-order valence-electron chi connectivity index (χ0n) is 19.5. The molecule has 2 aromatic carbocycles. The highest BCUT2D eigenvalue weighted by Crippen LogP contribution is 2.22. The highest BCUT2D eigenvalue weighted by atomic mass is 14.9. The minimum absolute atomic E-state index is 0.770. The first-order valence-corrected chi connectivity index (χ1v) is 12.3. The van der Waals surface area contributed by atoms with Gasteiger partial charge >= 0.3 is 0 Å². The van der Waals surface area contributed by atoms with E-state index >= 15 is 0 Å². The van der Waals surface area contributed by atoms with E-state index in [1.165, 1.54) is 62.5 Å². The molecular formula is C28H34N4. The van der Waals surface area contributed by atoms with Crippen LogP contribution in [0.1, 0.15) is 76.3 Å². The molecular weight excluding hydrogens is 392 g/mol. The maximum Gasteiger partial charge on any atom is 0.109 e. The Morgan fingerprint density at radius 1 is 0.531 bits per heavy atom. The van der Waals surface area contributed by atoms with E-state index in [2.05, 4.69) is 60.2 Å². The molecule has 0 aliphatic heterocycles. The largest absolute Gasteiger partial charge is 0.252 e. The van der Waals surface area contributed by atoms with E-state index in [0.717, 1.165) is 46.3 Å². The third kappa shape index (κ3) is 5.67. The molecule has 2 heterocycles. The fourth-order valence-corrected chi connectivity index (χ4v) is 4.18. The van der Waals surface area contributed by atoms with Crippen molar-refractivity contribution in [2.45, 2.75) is 78.1 Å². The number of aryl methyl sites for hydroxylation is 2. The minimum Gasteiger partial charge on any atom is -0.252 e. The van der Waals surface area contributed by atoms with E-state index in [0.29, 0.717) is 0 Å². The molecule has 4 nitrogen and oxygen atoms in total. The molecule has 166 valence electrons. The van der Waals surface area contributed by atoms with E-state index in [9.17, 15) is 0 Å². The van der Waals surface area contributed by atoms with Crippen molar-refractivity contribution in [3.05, 3.63) is 59.9 Å². The summed E-state index contributed by atoms with van der Waals surface area (Å²) in [7, 11) is 0. The van der Waals surface area contributed by atoms with E-state index in [4.69, 9.17) is 9.97 Å². The van der Waals surface area contributed by atoms with Gasteiger partial charge in [0.2, 0.25) is 0 Å². The van der Waals surface area contributed by atoms with Crippen LogP contribution >= 0.6 is 0 Å². The number of hydrogen-bond acceptors (Lipinski definition) is 4. The second-order valence-corrected chi connectivity index (χ2v) is 8.78. The molecule has 0 aliphatic rings. The zero-order valence-corrected chi connectivity index (χ0v) is 19.5. The van der Waals surface area contributed by atoms with Gasteiger partial charge in [-0.25, -0.2) is 9.97 Å². The Labute approximate surface area is 191 Å². The predicted molar refractivity (Wildman–Crippen MR) is 134 cm³/mol. The summed E-state index contributed by atoms with van der Waals surface area (Å²) < 4.78 is 0. The Balaban J connectivity index is 1.49. The first-order valence-electron chi connectivity index (χ1n) is 12.3. The number of nitrogens with zero attached hydrogens (tertiary/aromatic N) is 4. The van der Waals surface area contributed by atoms with Gasteiger partial charge in [0.25, 0.3) is 0 Å². The summed E-state index contributed by atoms with van der Waals surface area (Å²) >= 11 is 0. The van der Waals surface area contributed by atoms with Gasteiger partial charge in [-0.05, 0) is 61.1 Å². The number of hydrogen-bond donors (Lipinski definition) is 0. The highest BCUT2D eigenvalue weighted by molar-refractivity contribution is 5.80. The topological polar surface area (TPSA) is 51.6 Å². The molecule has 4 rings (SSSR count). The summed E-state index contributed by atoms with van der Waals surface area (Å²) in [5.41, 5.74) is 7.93. The Hall–Kier alpha value is -2.88. The number of benzene rings is 2. The van der Waals surface area contributed by atoms with Crippen LogP contribution in [0.15, 0.2) is 48.8 Å². The van der Waals surface area contributed by atoms with Gasteiger partial charge in [0.1, 0.15) is 11.4 Å². The molecule has 32 heavy (non-hydrogen) atoms. The van der Waals surface area contributed by atoms with Crippen LogP contribution in [0.5, 0.6) is 0 Å². The summed E-state index contributed by atoms with van der Waals surface area (Å²) in [6.45, 7) is 4.49.